The monoisotopic (exact) mass is 419 g/mol. The highest BCUT2D eigenvalue weighted by atomic mass is 35.5. The van der Waals surface area contributed by atoms with Crippen molar-refractivity contribution in [1.29, 1.82) is 0 Å². The molecule has 0 bridgehead atoms. The van der Waals surface area contributed by atoms with Crippen LogP contribution >= 0.6 is 35.6 Å². The van der Waals surface area contributed by atoms with Gasteiger partial charge in [-0.15, -0.1) is 0 Å². The Balaban J connectivity index is 1.71. The van der Waals surface area contributed by atoms with Crippen LogP contribution in [0.15, 0.2) is 53.4 Å². The lowest BCUT2D eigenvalue weighted by atomic mass is 10.2. The van der Waals surface area contributed by atoms with Gasteiger partial charge in [0.15, 0.2) is 4.32 Å². The van der Waals surface area contributed by atoms with Crippen LogP contribution in [0, 0.1) is 0 Å². The number of nitrogens with zero attached hydrogens (tertiary/aromatic N) is 1. The topological polar surface area (TPSA) is 66.8 Å². The first-order chi connectivity index (χ1) is 12.9. The highest BCUT2D eigenvalue weighted by molar-refractivity contribution is 8.27. The largest absolute Gasteiger partial charge is 0.493 e. The van der Waals surface area contributed by atoms with Crippen LogP contribution in [0.25, 0.3) is 6.08 Å². The zero-order valence-electron chi connectivity index (χ0n) is 13.9. The third kappa shape index (κ3) is 4.88. The number of hydrogen-bond donors (Lipinski definition) is 1. The Morgan fingerprint density at radius 2 is 1.85 bits per heavy atom. The number of thioether (sulfide) groups is 1. The van der Waals surface area contributed by atoms with Crippen molar-refractivity contribution in [3.63, 3.8) is 0 Å². The number of hydrogen-bond acceptors (Lipinski definition) is 5. The Labute approximate surface area is 170 Å². The fourth-order valence-electron chi connectivity index (χ4n) is 2.35. The zero-order chi connectivity index (χ0) is 19.4. The second kappa shape index (κ2) is 8.56. The van der Waals surface area contributed by atoms with Gasteiger partial charge < -0.3 is 9.84 Å². The molecule has 0 saturated carbocycles. The molecule has 0 atom stereocenters. The molecule has 0 spiro atoms. The highest BCUT2D eigenvalue weighted by Gasteiger charge is 2.33. The van der Waals surface area contributed by atoms with E-state index in [1.807, 2.05) is 0 Å². The second-order valence-corrected chi connectivity index (χ2v) is 7.67. The number of carboxylic acids is 1. The summed E-state index contributed by atoms with van der Waals surface area (Å²) in [7, 11) is 0. The normalized spacial score (nSPS) is 15.4. The number of amides is 1. The molecule has 1 heterocycles. The van der Waals surface area contributed by atoms with E-state index in [9.17, 15) is 9.59 Å². The molecule has 2 aromatic carbocycles. The number of ether oxygens (including phenoxy) is 1. The molecule has 138 valence electrons. The van der Waals surface area contributed by atoms with Gasteiger partial charge in [-0.1, -0.05) is 47.7 Å². The first-order valence-corrected chi connectivity index (χ1v) is 9.52. The van der Waals surface area contributed by atoms with E-state index in [0.717, 1.165) is 5.56 Å². The van der Waals surface area contributed by atoms with Crippen molar-refractivity contribution in [3.05, 3.63) is 64.0 Å². The van der Waals surface area contributed by atoms with Gasteiger partial charge in [0.1, 0.15) is 5.75 Å². The molecule has 1 fully saturated rings. The van der Waals surface area contributed by atoms with Crippen molar-refractivity contribution in [1.82, 2.24) is 0 Å². The summed E-state index contributed by atoms with van der Waals surface area (Å²) in [5, 5.41) is 9.20. The third-order valence-corrected chi connectivity index (χ3v) is 5.20. The molecule has 0 aromatic heterocycles. The zero-order valence-corrected chi connectivity index (χ0v) is 16.3. The number of rotatable bonds is 6. The van der Waals surface area contributed by atoms with E-state index in [2.05, 4.69) is 0 Å². The summed E-state index contributed by atoms with van der Waals surface area (Å²) in [4.78, 5) is 25.2. The van der Waals surface area contributed by atoms with Gasteiger partial charge in [-0.25, -0.2) is 0 Å². The molecule has 0 radical (unpaired) electrons. The fourth-order valence-corrected chi connectivity index (χ4v) is 3.77. The molecular formula is C19H14ClNO4S2. The van der Waals surface area contributed by atoms with Crippen molar-refractivity contribution >= 4 is 63.5 Å². The van der Waals surface area contributed by atoms with E-state index in [0.29, 0.717) is 25.7 Å². The number of benzene rings is 2. The average Bonchev–Trinajstić information content (AvgIpc) is 2.91. The van der Waals surface area contributed by atoms with Crippen molar-refractivity contribution in [2.45, 2.75) is 6.42 Å². The Morgan fingerprint density at radius 3 is 2.48 bits per heavy atom. The Kier molecular flexibility index (Phi) is 6.15. The minimum atomic E-state index is -0.908. The summed E-state index contributed by atoms with van der Waals surface area (Å²) >= 11 is 12.5. The lowest BCUT2D eigenvalue weighted by molar-refractivity contribution is -0.137. The third-order valence-electron chi connectivity index (χ3n) is 3.64. The summed E-state index contributed by atoms with van der Waals surface area (Å²) in [5.41, 5.74) is 1.49. The molecule has 0 unspecified atom stereocenters. The maximum Gasteiger partial charge on any atom is 0.306 e. The minimum Gasteiger partial charge on any atom is -0.493 e. The molecule has 5 nitrogen and oxygen atoms in total. The summed E-state index contributed by atoms with van der Waals surface area (Å²) < 4.78 is 5.81. The van der Waals surface area contributed by atoms with Gasteiger partial charge in [-0.2, -0.15) is 0 Å². The number of halogens is 1. The van der Waals surface area contributed by atoms with Gasteiger partial charge in [0.05, 0.1) is 23.6 Å². The number of carbonyl (C=O) groups excluding carboxylic acids is 1. The van der Waals surface area contributed by atoms with Crippen LogP contribution in [0.1, 0.15) is 12.0 Å². The maximum atomic E-state index is 12.7. The lowest BCUT2D eigenvalue weighted by Gasteiger charge is -2.14. The molecule has 1 N–H and O–H groups in total. The van der Waals surface area contributed by atoms with Crippen LogP contribution in [-0.4, -0.2) is 27.9 Å². The molecule has 1 saturated heterocycles. The highest BCUT2D eigenvalue weighted by Crippen LogP contribution is 2.36. The van der Waals surface area contributed by atoms with E-state index in [-0.39, 0.29) is 18.9 Å². The predicted octanol–water partition coefficient (Wildman–Crippen LogP) is 4.60. The van der Waals surface area contributed by atoms with Crippen molar-refractivity contribution in [3.8, 4) is 5.75 Å². The van der Waals surface area contributed by atoms with Crippen molar-refractivity contribution in [2.24, 2.45) is 0 Å². The van der Waals surface area contributed by atoms with Crippen molar-refractivity contribution in [2.75, 3.05) is 11.5 Å². The average molecular weight is 420 g/mol. The number of thiocarbonyl (C=S) groups is 1. The molecule has 2 aromatic rings. The number of carboxylic acid groups (broad SMARTS) is 1. The van der Waals surface area contributed by atoms with E-state index in [1.165, 1.54) is 16.7 Å². The van der Waals surface area contributed by atoms with Crippen molar-refractivity contribution < 1.29 is 19.4 Å². The molecule has 3 rings (SSSR count). The van der Waals surface area contributed by atoms with E-state index in [1.54, 1.807) is 54.6 Å². The summed E-state index contributed by atoms with van der Waals surface area (Å²) in [6.07, 6.45) is 1.70. The van der Waals surface area contributed by atoms with E-state index in [4.69, 9.17) is 33.7 Å². The van der Waals surface area contributed by atoms with Gasteiger partial charge in [-0.3, -0.25) is 14.5 Å². The maximum absolute atomic E-state index is 12.7. The lowest BCUT2D eigenvalue weighted by Crippen LogP contribution is -2.27. The van der Waals surface area contributed by atoms with Gasteiger partial charge in [0.2, 0.25) is 0 Å². The van der Waals surface area contributed by atoms with Crippen LogP contribution in [0.2, 0.25) is 5.02 Å². The Morgan fingerprint density at radius 1 is 1.19 bits per heavy atom. The standard InChI is InChI=1S/C19H14ClNO4S2/c20-13-3-5-14(6-4-13)21-18(24)16(27-19(21)26)11-12-1-7-15(8-2-12)25-10-9-17(22)23/h1-8,11H,9-10H2,(H,22,23)/b16-11+. The second-order valence-electron chi connectivity index (χ2n) is 5.55. The first-order valence-electron chi connectivity index (χ1n) is 7.92. The SMILES string of the molecule is O=C(O)CCOc1ccc(/C=C2/SC(=S)N(c3ccc(Cl)cc3)C2=O)cc1. The molecule has 8 heteroatoms. The summed E-state index contributed by atoms with van der Waals surface area (Å²) in [6, 6.07) is 14.0. The summed E-state index contributed by atoms with van der Waals surface area (Å²) in [6.45, 7) is 0.106. The molecule has 1 aliphatic heterocycles. The van der Waals surface area contributed by atoms with Crippen LogP contribution in [0.4, 0.5) is 5.69 Å². The number of aliphatic carboxylic acids is 1. The molecule has 1 aliphatic rings. The van der Waals surface area contributed by atoms with Crippen LogP contribution in [-0.2, 0) is 9.59 Å². The fraction of sp³-hybridized carbons (Fsp3) is 0.105. The first kappa shape index (κ1) is 19.4. The summed E-state index contributed by atoms with van der Waals surface area (Å²) in [5.74, 6) is -0.523. The predicted molar refractivity (Wildman–Crippen MR) is 111 cm³/mol. The van der Waals surface area contributed by atoms with E-state index >= 15 is 0 Å². The molecule has 1 amide bonds. The molecule has 27 heavy (non-hydrogen) atoms. The minimum absolute atomic E-state index is 0.0606. The number of carbonyl (C=O) groups is 2. The smallest absolute Gasteiger partial charge is 0.306 e. The number of anilines is 1. The van der Waals surface area contributed by atoms with E-state index < -0.39 is 5.97 Å². The van der Waals surface area contributed by atoms with Gasteiger partial charge in [-0.05, 0) is 48.0 Å². The quantitative estimate of drug-likeness (QED) is 0.545. The molecular weight excluding hydrogens is 406 g/mol. The van der Waals surface area contributed by atoms with Crippen LogP contribution in [0.5, 0.6) is 5.75 Å². The Bertz CT molecular complexity index is 910. The van der Waals surface area contributed by atoms with Gasteiger partial charge in [0.25, 0.3) is 5.91 Å². The van der Waals surface area contributed by atoms with Crippen LogP contribution < -0.4 is 9.64 Å². The Hall–Kier alpha value is -2.35. The van der Waals surface area contributed by atoms with Gasteiger partial charge in [0, 0.05) is 5.02 Å². The molecule has 0 aliphatic carbocycles. The van der Waals surface area contributed by atoms with Gasteiger partial charge >= 0.3 is 5.97 Å². The van der Waals surface area contributed by atoms with Crippen LogP contribution in [0.3, 0.4) is 0 Å².